The van der Waals surface area contributed by atoms with Crippen molar-refractivity contribution in [3.63, 3.8) is 0 Å². The van der Waals surface area contributed by atoms with Gasteiger partial charge in [0.1, 0.15) is 0 Å². The molecule has 4 fully saturated rings. The van der Waals surface area contributed by atoms with Crippen LogP contribution in [0.2, 0.25) is 0 Å². The molecule has 4 atom stereocenters. The Hall–Kier alpha value is 0.470. The number of amides is 2. The molecular formula is C28H22F2I6N2O9S. The fourth-order valence-electron chi connectivity index (χ4n) is 7.67. The third-order valence-corrected chi connectivity index (χ3v) is 17.3. The first-order chi connectivity index (χ1) is 22.0. The molecule has 0 aromatic heterocycles. The third-order valence-electron chi connectivity index (χ3n) is 8.86. The lowest BCUT2D eigenvalue weighted by Crippen LogP contribution is -2.74. The van der Waals surface area contributed by atoms with Crippen molar-refractivity contribution in [3.05, 3.63) is 56.3 Å². The molecule has 48 heavy (non-hydrogen) atoms. The fourth-order valence-corrected chi connectivity index (χ4v) is 12.9. The summed E-state index contributed by atoms with van der Waals surface area (Å²) in [6.07, 6.45) is 0.952. The maximum absolute atomic E-state index is 14.2. The van der Waals surface area contributed by atoms with Crippen LogP contribution in [0.3, 0.4) is 0 Å². The summed E-state index contributed by atoms with van der Waals surface area (Å²) in [7, 11) is -5.88. The molecule has 2 aromatic carbocycles. The number of rotatable bonds is 9. The Kier molecular flexibility index (Phi) is 11.6. The van der Waals surface area contributed by atoms with Gasteiger partial charge in [-0.25, -0.2) is 4.79 Å². The second kappa shape index (κ2) is 14.0. The van der Waals surface area contributed by atoms with Crippen molar-refractivity contribution in [1.82, 2.24) is 10.6 Å². The highest BCUT2D eigenvalue weighted by Gasteiger charge is 2.67. The number of nitrogens with one attached hydrogen (secondary N) is 2. The van der Waals surface area contributed by atoms with Gasteiger partial charge < -0.3 is 20.5 Å². The van der Waals surface area contributed by atoms with E-state index in [-0.39, 0.29) is 42.7 Å². The number of carboxylic acids is 1. The first-order valence-electron chi connectivity index (χ1n) is 13.8. The normalized spacial score (nSPS) is 26.2. The Morgan fingerprint density at radius 1 is 0.833 bits per heavy atom. The van der Waals surface area contributed by atoms with Crippen molar-refractivity contribution in [2.75, 3.05) is 6.61 Å². The van der Waals surface area contributed by atoms with Crippen molar-refractivity contribution < 1.29 is 50.8 Å². The molecule has 4 aliphatic rings. The molecule has 2 aromatic rings. The predicted octanol–water partition coefficient (Wildman–Crippen LogP) is 6.66. The molecule has 11 nitrogen and oxygen atoms in total. The Morgan fingerprint density at radius 2 is 1.40 bits per heavy atom. The monoisotopic (exact) mass is 1360 g/mol. The zero-order valence-electron chi connectivity index (χ0n) is 23.9. The van der Waals surface area contributed by atoms with Gasteiger partial charge in [-0.05, 0) is 198 Å². The van der Waals surface area contributed by atoms with Gasteiger partial charge in [-0.15, -0.1) is 0 Å². The van der Waals surface area contributed by atoms with Gasteiger partial charge in [0.05, 0.1) is 22.1 Å². The van der Waals surface area contributed by atoms with Crippen molar-refractivity contribution in [2.24, 2.45) is 11.3 Å². The first-order valence-corrected chi connectivity index (χ1v) is 21.7. The van der Waals surface area contributed by atoms with Crippen molar-refractivity contribution >= 4 is 169 Å². The van der Waals surface area contributed by atoms with Gasteiger partial charge in [0, 0.05) is 32.5 Å². The number of aromatic carboxylic acids is 1. The van der Waals surface area contributed by atoms with Gasteiger partial charge in [-0.1, -0.05) is 0 Å². The van der Waals surface area contributed by atoms with E-state index < -0.39 is 62.2 Å². The number of carbonyl (C=O) groups excluding carboxylic acids is 3. The Labute approximate surface area is 354 Å². The van der Waals surface area contributed by atoms with E-state index in [0.29, 0.717) is 32.7 Å². The van der Waals surface area contributed by atoms with Crippen LogP contribution in [0.25, 0.3) is 0 Å². The number of esters is 1. The van der Waals surface area contributed by atoms with Gasteiger partial charge in [-0.3, -0.25) is 18.9 Å². The van der Waals surface area contributed by atoms with Crippen LogP contribution in [0.4, 0.5) is 8.78 Å². The number of benzene rings is 2. The van der Waals surface area contributed by atoms with Crippen LogP contribution in [0, 0.1) is 32.8 Å². The van der Waals surface area contributed by atoms with Crippen LogP contribution < -0.4 is 10.6 Å². The quantitative estimate of drug-likeness (QED) is 0.0927. The molecule has 4 unspecified atom stereocenters. The Morgan fingerprint density at radius 3 is 1.96 bits per heavy atom. The number of hydrogen-bond donors (Lipinski definition) is 4. The minimum absolute atomic E-state index is 0.0349. The van der Waals surface area contributed by atoms with Crippen LogP contribution in [0.5, 0.6) is 0 Å². The van der Waals surface area contributed by atoms with E-state index in [0.717, 1.165) is 7.14 Å². The zero-order valence-corrected chi connectivity index (χ0v) is 37.7. The minimum Gasteiger partial charge on any atom is -0.478 e. The molecule has 6 rings (SSSR count). The predicted molar refractivity (Wildman–Crippen MR) is 218 cm³/mol. The average molecular weight is 1360 g/mol. The van der Waals surface area contributed by atoms with Crippen molar-refractivity contribution in [1.29, 1.82) is 0 Å². The van der Waals surface area contributed by atoms with Crippen LogP contribution in [0.1, 0.15) is 69.6 Å². The van der Waals surface area contributed by atoms with Gasteiger partial charge in [0.2, 0.25) is 0 Å². The van der Waals surface area contributed by atoms with Crippen molar-refractivity contribution in [3.8, 4) is 0 Å². The van der Waals surface area contributed by atoms with E-state index in [9.17, 15) is 41.5 Å². The summed E-state index contributed by atoms with van der Waals surface area (Å²) in [5.74, 6) is -3.90. The standard InChI is InChI=1S/C28H22F2I6N2O9S/c29-28(30,48(44,45)46)10-47-24(43)25-4-11-5-26(7-25,37-21(39)13-1-12(31)2-15(33)19(13)35)9-27(6-11,8-25)38-22(40)18-17(23(41)42)14(32)3-16(34)20(18)36/h1-3,11H,4-10H2,(H,37,39)(H,38,40)(H,41,42)(H,44,45,46). The smallest absolute Gasteiger partial charge is 0.402 e. The number of ether oxygens (including phenoxy) is 1. The van der Waals surface area contributed by atoms with Crippen molar-refractivity contribution in [2.45, 2.75) is 54.9 Å². The van der Waals surface area contributed by atoms with Crippen LogP contribution in [0.15, 0.2) is 18.2 Å². The van der Waals surface area contributed by atoms with Crippen LogP contribution in [-0.4, -0.2) is 64.8 Å². The van der Waals surface area contributed by atoms with E-state index in [2.05, 4.69) is 78.4 Å². The first kappa shape index (κ1) is 39.7. The summed E-state index contributed by atoms with van der Waals surface area (Å²) in [6, 6.07) is 5.26. The lowest BCUT2D eigenvalue weighted by molar-refractivity contribution is -0.183. The molecule has 4 N–H and O–H groups in total. The molecule has 0 radical (unpaired) electrons. The lowest BCUT2D eigenvalue weighted by atomic mass is 9.44. The maximum Gasteiger partial charge on any atom is 0.402 e. The van der Waals surface area contributed by atoms with E-state index >= 15 is 0 Å². The number of halogens is 8. The van der Waals surface area contributed by atoms with Crippen LogP contribution >= 0.6 is 136 Å². The highest BCUT2D eigenvalue weighted by molar-refractivity contribution is 14.1. The van der Waals surface area contributed by atoms with Gasteiger partial charge in [-0.2, -0.15) is 17.2 Å². The topological polar surface area (TPSA) is 176 Å². The lowest BCUT2D eigenvalue weighted by Gasteiger charge is -2.65. The van der Waals surface area contributed by atoms with Gasteiger partial charge >= 0.3 is 27.3 Å². The third kappa shape index (κ3) is 7.60. The fraction of sp³-hybridized carbons (Fsp3) is 0.429. The molecule has 0 spiro atoms. The van der Waals surface area contributed by atoms with Gasteiger partial charge in [0.25, 0.3) is 11.8 Å². The molecule has 4 bridgehead atoms. The highest BCUT2D eigenvalue weighted by Crippen LogP contribution is 2.64. The minimum atomic E-state index is -5.88. The number of carbonyl (C=O) groups is 4. The molecule has 0 heterocycles. The molecule has 4 saturated carbocycles. The second-order valence-corrected chi connectivity index (χ2v) is 20.8. The zero-order chi connectivity index (χ0) is 35.8. The average Bonchev–Trinajstić information content (AvgIpc) is 2.93. The summed E-state index contributed by atoms with van der Waals surface area (Å²) < 4.78 is 68.4. The van der Waals surface area contributed by atoms with Gasteiger partial charge in [0.15, 0.2) is 6.61 Å². The van der Waals surface area contributed by atoms with E-state index in [4.69, 9.17) is 9.29 Å². The summed E-state index contributed by atoms with van der Waals surface area (Å²) in [4.78, 5) is 54.1. The maximum atomic E-state index is 14.2. The molecular weight excluding hydrogens is 1340 g/mol. The molecule has 4 aliphatic carbocycles. The largest absolute Gasteiger partial charge is 0.478 e. The molecule has 0 saturated heterocycles. The summed E-state index contributed by atoms with van der Waals surface area (Å²) >= 11 is 12.0. The Balaban J connectivity index is 1.56. The number of hydrogen-bond acceptors (Lipinski definition) is 7. The van der Waals surface area contributed by atoms with E-state index in [1.54, 1.807) is 12.1 Å². The van der Waals surface area contributed by atoms with E-state index in [1.807, 2.05) is 73.8 Å². The molecule has 20 heteroatoms. The summed E-state index contributed by atoms with van der Waals surface area (Å²) in [5.41, 5.74) is -3.72. The Bertz CT molecular complexity index is 1900. The highest BCUT2D eigenvalue weighted by atomic mass is 127. The number of alkyl halides is 2. The molecule has 2 amide bonds. The number of carboxylic acid groups (broad SMARTS) is 1. The second-order valence-electron chi connectivity index (χ2n) is 12.4. The van der Waals surface area contributed by atoms with Crippen LogP contribution in [-0.2, 0) is 19.6 Å². The molecule has 260 valence electrons. The SMILES string of the molecule is O=C(NC12CC3CC(NC(=O)c4c(I)c(I)cc(I)c4C(=O)O)(C1)CC(C(=O)OCC(F)(F)S(=O)(=O)O)(C3)C2)c1cc(I)cc(I)c1I. The molecule has 0 aliphatic heterocycles. The summed E-state index contributed by atoms with van der Waals surface area (Å²) in [6.45, 7) is -1.92. The van der Waals surface area contributed by atoms with E-state index in [1.165, 1.54) is 0 Å². The summed E-state index contributed by atoms with van der Waals surface area (Å²) in [5, 5.41) is 11.4.